The van der Waals surface area contributed by atoms with Gasteiger partial charge in [-0.25, -0.2) is 0 Å². The molecule has 1 aliphatic heterocycles. The molecule has 0 unspecified atom stereocenters. The fourth-order valence-electron chi connectivity index (χ4n) is 1.14. The Hall–Kier alpha value is -0.610. The number of ether oxygens (including phenoxy) is 1. The zero-order valence-corrected chi connectivity index (χ0v) is 7.38. The lowest BCUT2D eigenvalue weighted by Crippen LogP contribution is -2.43. The average molecular weight is 171 g/mol. The van der Waals surface area contributed by atoms with Crippen LogP contribution in [0, 0.1) is 6.54 Å². The van der Waals surface area contributed by atoms with Gasteiger partial charge in [-0.1, -0.05) is 0 Å². The number of rotatable bonds is 3. The molecule has 4 nitrogen and oxygen atoms in total. The van der Waals surface area contributed by atoms with Gasteiger partial charge in [0.25, 0.3) is 0 Å². The van der Waals surface area contributed by atoms with Crippen LogP contribution < -0.4 is 5.32 Å². The lowest BCUT2D eigenvalue weighted by molar-refractivity contribution is -0.141. The van der Waals surface area contributed by atoms with Crippen LogP contribution in [-0.2, 0) is 9.53 Å². The summed E-state index contributed by atoms with van der Waals surface area (Å²) in [5.41, 5.74) is 0. The van der Waals surface area contributed by atoms with Gasteiger partial charge in [0.05, 0.1) is 6.61 Å². The Balaban J connectivity index is 2.15. The van der Waals surface area contributed by atoms with E-state index in [1.807, 2.05) is 11.8 Å². The van der Waals surface area contributed by atoms with Crippen LogP contribution in [0.15, 0.2) is 0 Å². The molecule has 1 heterocycles. The topological polar surface area (TPSA) is 41.6 Å². The predicted octanol–water partition coefficient (Wildman–Crippen LogP) is -0.384. The number of nitrogens with zero attached hydrogens (tertiary/aromatic N) is 1. The van der Waals surface area contributed by atoms with Crippen LogP contribution in [0.25, 0.3) is 0 Å². The first-order valence-electron chi connectivity index (χ1n) is 4.29. The molecule has 0 saturated carbocycles. The number of esters is 1. The average Bonchev–Trinajstić information content (AvgIpc) is 2.06. The van der Waals surface area contributed by atoms with Crippen LogP contribution >= 0.6 is 0 Å². The molecule has 0 aromatic carbocycles. The van der Waals surface area contributed by atoms with Crippen LogP contribution in [0.4, 0.5) is 0 Å². The Bertz CT molecular complexity index is 144. The SMILES string of the molecule is CCOC(=O)[CH]N1CCNCC1. The summed E-state index contributed by atoms with van der Waals surface area (Å²) < 4.78 is 4.79. The zero-order valence-electron chi connectivity index (χ0n) is 7.38. The summed E-state index contributed by atoms with van der Waals surface area (Å²) in [7, 11) is 0. The smallest absolute Gasteiger partial charge is 0.325 e. The highest BCUT2D eigenvalue weighted by Gasteiger charge is 2.14. The third-order valence-electron chi connectivity index (χ3n) is 1.73. The van der Waals surface area contributed by atoms with E-state index in [9.17, 15) is 4.79 Å². The van der Waals surface area contributed by atoms with E-state index < -0.39 is 0 Å². The molecule has 1 fully saturated rings. The predicted molar refractivity (Wildman–Crippen MR) is 45.4 cm³/mol. The number of nitrogens with one attached hydrogen (secondary N) is 1. The first kappa shape index (κ1) is 9.48. The van der Waals surface area contributed by atoms with Gasteiger partial charge in [-0.05, 0) is 6.92 Å². The van der Waals surface area contributed by atoms with Gasteiger partial charge in [0, 0.05) is 26.2 Å². The van der Waals surface area contributed by atoms with E-state index >= 15 is 0 Å². The van der Waals surface area contributed by atoms with Gasteiger partial charge < -0.3 is 10.1 Å². The first-order chi connectivity index (χ1) is 5.83. The van der Waals surface area contributed by atoms with Crippen LogP contribution in [0.2, 0.25) is 0 Å². The molecule has 1 saturated heterocycles. The monoisotopic (exact) mass is 171 g/mol. The van der Waals surface area contributed by atoms with E-state index in [0.717, 1.165) is 26.2 Å². The Kier molecular flexibility index (Phi) is 4.04. The minimum absolute atomic E-state index is 0.237. The molecule has 12 heavy (non-hydrogen) atoms. The Morgan fingerprint density at radius 2 is 2.25 bits per heavy atom. The second kappa shape index (κ2) is 5.11. The summed E-state index contributed by atoms with van der Waals surface area (Å²) in [6.07, 6.45) is 0. The number of piperazine rings is 1. The van der Waals surface area contributed by atoms with Crippen molar-refractivity contribution >= 4 is 5.97 Å². The maximum absolute atomic E-state index is 11.0. The molecule has 0 atom stereocenters. The van der Waals surface area contributed by atoms with Crippen LogP contribution in [-0.4, -0.2) is 43.7 Å². The largest absolute Gasteiger partial charge is 0.465 e. The van der Waals surface area contributed by atoms with E-state index in [4.69, 9.17) is 4.74 Å². The third kappa shape index (κ3) is 3.19. The molecular formula is C8H15N2O2. The van der Waals surface area contributed by atoms with E-state index in [1.165, 1.54) is 0 Å². The fraction of sp³-hybridized carbons (Fsp3) is 0.750. The van der Waals surface area contributed by atoms with E-state index in [1.54, 1.807) is 6.54 Å². The normalized spacial score (nSPS) is 19.1. The van der Waals surface area contributed by atoms with E-state index in [2.05, 4.69) is 5.32 Å². The third-order valence-corrected chi connectivity index (χ3v) is 1.73. The first-order valence-corrected chi connectivity index (χ1v) is 4.29. The maximum atomic E-state index is 11.0. The molecule has 0 spiro atoms. The molecule has 0 aromatic rings. The van der Waals surface area contributed by atoms with Gasteiger partial charge in [-0.2, -0.15) is 0 Å². The maximum Gasteiger partial charge on any atom is 0.325 e. The Labute approximate surface area is 72.9 Å². The fourth-order valence-corrected chi connectivity index (χ4v) is 1.14. The highest BCUT2D eigenvalue weighted by Crippen LogP contribution is 1.97. The lowest BCUT2D eigenvalue weighted by atomic mass is 10.3. The zero-order chi connectivity index (χ0) is 8.81. The van der Waals surface area contributed by atoms with Crippen molar-refractivity contribution < 1.29 is 9.53 Å². The minimum Gasteiger partial charge on any atom is -0.465 e. The van der Waals surface area contributed by atoms with E-state index in [-0.39, 0.29) is 5.97 Å². The summed E-state index contributed by atoms with van der Waals surface area (Å²) in [6, 6.07) is 0. The van der Waals surface area contributed by atoms with Gasteiger partial charge >= 0.3 is 5.97 Å². The summed E-state index contributed by atoms with van der Waals surface area (Å²) in [4.78, 5) is 13.0. The Morgan fingerprint density at radius 3 is 2.83 bits per heavy atom. The van der Waals surface area contributed by atoms with Crippen molar-refractivity contribution in [1.82, 2.24) is 10.2 Å². The molecular weight excluding hydrogens is 156 g/mol. The summed E-state index contributed by atoms with van der Waals surface area (Å²) in [5, 5.41) is 3.21. The van der Waals surface area contributed by atoms with Crippen LogP contribution in [0.5, 0.6) is 0 Å². The highest BCUT2D eigenvalue weighted by molar-refractivity contribution is 5.78. The number of carbonyl (C=O) groups excluding carboxylic acids is 1. The quantitative estimate of drug-likeness (QED) is 0.588. The van der Waals surface area contributed by atoms with Crippen molar-refractivity contribution in [2.24, 2.45) is 0 Å². The minimum atomic E-state index is -0.237. The van der Waals surface area contributed by atoms with Crippen LogP contribution in [0.1, 0.15) is 6.92 Å². The second-order valence-corrected chi connectivity index (χ2v) is 2.67. The molecule has 1 aliphatic rings. The van der Waals surface area contributed by atoms with Crippen molar-refractivity contribution in [2.75, 3.05) is 32.8 Å². The highest BCUT2D eigenvalue weighted by atomic mass is 16.5. The van der Waals surface area contributed by atoms with Crippen molar-refractivity contribution in [3.8, 4) is 0 Å². The van der Waals surface area contributed by atoms with Crippen molar-refractivity contribution in [3.63, 3.8) is 0 Å². The molecule has 0 bridgehead atoms. The number of carbonyl (C=O) groups is 1. The molecule has 1 N–H and O–H groups in total. The molecule has 1 rings (SSSR count). The number of hydrogen-bond donors (Lipinski definition) is 1. The lowest BCUT2D eigenvalue weighted by Gasteiger charge is -2.25. The molecule has 1 radical (unpaired) electrons. The molecule has 69 valence electrons. The van der Waals surface area contributed by atoms with Gasteiger partial charge in [0.1, 0.15) is 6.54 Å². The molecule has 0 aromatic heterocycles. The second-order valence-electron chi connectivity index (χ2n) is 2.67. The van der Waals surface area contributed by atoms with Crippen molar-refractivity contribution in [1.29, 1.82) is 0 Å². The molecule has 0 aliphatic carbocycles. The van der Waals surface area contributed by atoms with Gasteiger partial charge in [0.2, 0.25) is 0 Å². The van der Waals surface area contributed by atoms with E-state index in [0.29, 0.717) is 6.61 Å². The molecule has 4 heteroatoms. The van der Waals surface area contributed by atoms with Crippen LogP contribution in [0.3, 0.4) is 0 Å². The van der Waals surface area contributed by atoms with Crippen molar-refractivity contribution in [2.45, 2.75) is 6.92 Å². The number of hydrogen-bond acceptors (Lipinski definition) is 4. The van der Waals surface area contributed by atoms with Gasteiger partial charge in [-0.3, -0.25) is 9.69 Å². The summed E-state index contributed by atoms with van der Waals surface area (Å²) in [6.45, 7) is 7.46. The standard InChI is InChI=1S/C8H15N2O2/c1-2-12-8(11)7-10-5-3-9-4-6-10/h7,9H,2-6H2,1H3. The van der Waals surface area contributed by atoms with Gasteiger partial charge in [-0.15, -0.1) is 0 Å². The van der Waals surface area contributed by atoms with Crippen molar-refractivity contribution in [3.05, 3.63) is 6.54 Å². The Morgan fingerprint density at radius 1 is 1.58 bits per heavy atom. The molecule has 0 amide bonds. The van der Waals surface area contributed by atoms with Gasteiger partial charge in [0.15, 0.2) is 0 Å². The summed E-state index contributed by atoms with van der Waals surface area (Å²) >= 11 is 0. The summed E-state index contributed by atoms with van der Waals surface area (Å²) in [5.74, 6) is -0.237.